The summed E-state index contributed by atoms with van der Waals surface area (Å²) >= 11 is 0. The van der Waals surface area contributed by atoms with E-state index in [0.717, 1.165) is 31.4 Å². The maximum Gasteiger partial charge on any atom is 0.321 e. The number of carbonyl (C=O) groups is 2. The molecular formula is C24H31FN4O3. The van der Waals surface area contributed by atoms with Crippen molar-refractivity contribution in [1.82, 2.24) is 10.2 Å². The lowest BCUT2D eigenvalue weighted by atomic mass is 9.97. The minimum Gasteiger partial charge on any atom is -0.494 e. The molecule has 0 aromatic heterocycles. The molecule has 0 spiro atoms. The fourth-order valence-corrected chi connectivity index (χ4v) is 3.46. The number of hydrogen-bond donors (Lipinski definition) is 3. The first-order valence-corrected chi connectivity index (χ1v) is 11.1. The van der Waals surface area contributed by atoms with Gasteiger partial charge in [-0.05, 0) is 73.7 Å². The maximum atomic E-state index is 13.0. The Bertz CT molecular complexity index is 866. The summed E-state index contributed by atoms with van der Waals surface area (Å²) < 4.78 is 18.6. The van der Waals surface area contributed by atoms with Gasteiger partial charge in [0.05, 0.1) is 6.61 Å². The van der Waals surface area contributed by atoms with E-state index in [4.69, 9.17) is 4.74 Å². The first kappa shape index (κ1) is 23.4. The molecule has 4 amide bonds. The second kappa shape index (κ2) is 11.9. The number of rotatable bonds is 8. The molecule has 2 aromatic rings. The van der Waals surface area contributed by atoms with Crippen molar-refractivity contribution in [2.45, 2.75) is 32.6 Å². The highest BCUT2D eigenvalue weighted by molar-refractivity contribution is 5.90. The van der Waals surface area contributed by atoms with Crippen LogP contribution in [0.1, 0.15) is 32.6 Å². The van der Waals surface area contributed by atoms with Crippen molar-refractivity contribution in [3.05, 3.63) is 54.3 Å². The van der Waals surface area contributed by atoms with Crippen molar-refractivity contribution in [2.75, 3.05) is 36.9 Å². The van der Waals surface area contributed by atoms with Gasteiger partial charge >= 0.3 is 12.1 Å². The molecular weight excluding hydrogens is 411 g/mol. The van der Waals surface area contributed by atoms with Crippen molar-refractivity contribution in [1.29, 1.82) is 0 Å². The van der Waals surface area contributed by atoms with Gasteiger partial charge < -0.3 is 25.6 Å². The Morgan fingerprint density at radius 2 is 1.62 bits per heavy atom. The van der Waals surface area contributed by atoms with Crippen LogP contribution in [0.25, 0.3) is 0 Å². The minimum absolute atomic E-state index is 0.192. The van der Waals surface area contributed by atoms with Crippen LogP contribution < -0.4 is 20.7 Å². The third-order valence-corrected chi connectivity index (χ3v) is 5.43. The quantitative estimate of drug-likeness (QED) is 0.499. The Kier molecular flexibility index (Phi) is 8.71. The van der Waals surface area contributed by atoms with Crippen LogP contribution in [0.4, 0.5) is 25.4 Å². The summed E-state index contributed by atoms with van der Waals surface area (Å²) in [6, 6.07) is 12.6. The number of hydrogen-bond acceptors (Lipinski definition) is 3. The van der Waals surface area contributed by atoms with Crippen molar-refractivity contribution < 1.29 is 18.7 Å². The number of nitrogens with zero attached hydrogens (tertiary/aromatic N) is 1. The molecule has 0 radical (unpaired) electrons. The largest absolute Gasteiger partial charge is 0.494 e. The molecule has 8 heteroatoms. The van der Waals surface area contributed by atoms with Crippen LogP contribution in [0, 0.1) is 11.7 Å². The van der Waals surface area contributed by atoms with E-state index in [9.17, 15) is 14.0 Å². The second-order valence-electron chi connectivity index (χ2n) is 7.93. The Morgan fingerprint density at radius 3 is 2.28 bits per heavy atom. The first-order chi connectivity index (χ1) is 15.5. The van der Waals surface area contributed by atoms with Crippen LogP contribution in [-0.2, 0) is 0 Å². The van der Waals surface area contributed by atoms with Gasteiger partial charge in [-0.2, -0.15) is 0 Å². The van der Waals surface area contributed by atoms with Crippen molar-refractivity contribution in [3.63, 3.8) is 0 Å². The fraction of sp³-hybridized carbons (Fsp3) is 0.417. The molecule has 3 N–H and O–H groups in total. The average molecular weight is 443 g/mol. The summed E-state index contributed by atoms with van der Waals surface area (Å²) in [5.74, 6) is 0.762. The Labute approximate surface area is 188 Å². The zero-order valence-corrected chi connectivity index (χ0v) is 18.4. The van der Waals surface area contributed by atoms with Crippen molar-refractivity contribution in [3.8, 4) is 5.75 Å². The number of carbonyl (C=O) groups excluding carboxylic acids is 2. The number of ether oxygens (including phenoxy) is 1. The SMILES string of the molecule is CCCCOc1ccc(NC(=O)NCC2CCN(C(=O)Nc3ccc(F)cc3)CC2)cc1. The van der Waals surface area contributed by atoms with Crippen LogP contribution in [0.5, 0.6) is 5.75 Å². The van der Waals surface area contributed by atoms with E-state index < -0.39 is 0 Å². The van der Waals surface area contributed by atoms with Crippen LogP contribution in [0.3, 0.4) is 0 Å². The fourth-order valence-electron chi connectivity index (χ4n) is 3.46. The van der Waals surface area contributed by atoms with Gasteiger partial charge in [-0.1, -0.05) is 13.3 Å². The molecule has 2 aromatic carbocycles. The molecule has 0 unspecified atom stereocenters. The van der Waals surface area contributed by atoms with Crippen LogP contribution in [0.2, 0.25) is 0 Å². The lowest BCUT2D eigenvalue weighted by Gasteiger charge is -2.32. The smallest absolute Gasteiger partial charge is 0.321 e. The Morgan fingerprint density at radius 1 is 1.00 bits per heavy atom. The van der Waals surface area contributed by atoms with Gasteiger partial charge in [0, 0.05) is 31.0 Å². The van der Waals surface area contributed by atoms with E-state index in [-0.39, 0.29) is 17.9 Å². The van der Waals surface area contributed by atoms with E-state index in [0.29, 0.717) is 43.5 Å². The summed E-state index contributed by atoms with van der Waals surface area (Å²) in [5, 5.41) is 8.52. The number of unbranched alkanes of at least 4 members (excludes halogenated alkanes) is 1. The molecule has 1 heterocycles. The zero-order valence-electron chi connectivity index (χ0n) is 18.4. The van der Waals surface area contributed by atoms with Gasteiger partial charge in [0.25, 0.3) is 0 Å². The Balaban J connectivity index is 1.34. The van der Waals surface area contributed by atoms with Gasteiger partial charge in [-0.15, -0.1) is 0 Å². The molecule has 0 saturated carbocycles. The molecule has 1 saturated heterocycles. The third kappa shape index (κ3) is 7.44. The zero-order chi connectivity index (χ0) is 22.8. The van der Waals surface area contributed by atoms with Gasteiger partial charge in [0.1, 0.15) is 11.6 Å². The van der Waals surface area contributed by atoms with E-state index in [2.05, 4.69) is 22.9 Å². The minimum atomic E-state index is -0.339. The monoisotopic (exact) mass is 442 g/mol. The third-order valence-electron chi connectivity index (χ3n) is 5.43. The molecule has 0 bridgehead atoms. The van der Waals surface area contributed by atoms with E-state index >= 15 is 0 Å². The summed E-state index contributed by atoms with van der Waals surface area (Å²) in [5.41, 5.74) is 1.27. The topological polar surface area (TPSA) is 82.7 Å². The number of piperidine rings is 1. The van der Waals surface area contributed by atoms with Gasteiger partial charge in [0.2, 0.25) is 0 Å². The predicted molar refractivity (Wildman–Crippen MR) is 124 cm³/mol. The lowest BCUT2D eigenvalue weighted by Crippen LogP contribution is -2.43. The van der Waals surface area contributed by atoms with Crippen LogP contribution >= 0.6 is 0 Å². The van der Waals surface area contributed by atoms with Gasteiger partial charge in [-0.25, -0.2) is 14.0 Å². The number of likely N-dealkylation sites (tertiary alicyclic amines) is 1. The van der Waals surface area contributed by atoms with Gasteiger partial charge in [0.15, 0.2) is 0 Å². The number of benzene rings is 2. The number of halogens is 1. The summed E-state index contributed by atoms with van der Waals surface area (Å²) in [7, 11) is 0. The number of urea groups is 2. The van der Waals surface area contributed by atoms with E-state index in [1.807, 2.05) is 24.3 Å². The summed E-state index contributed by atoms with van der Waals surface area (Å²) in [6.07, 6.45) is 3.71. The standard InChI is InChI=1S/C24H31FN4O3/c1-2-3-16-32-22-10-8-20(9-11-22)27-23(30)26-17-18-12-14-29(15-13-18)24(31)28-21-6-4-19(25)5-7-21/h4-11,18H,2-3,12-17H2,1H3,(H,28,31)(H2,26,27,30). The van der Waals surface area contributed by atoms with Crippen LogP contribution in [-0.4, -0.2) is 43.2 Å². The van der Waals surface area contributed by atoms with Crippen LogP contribution in [0.15, 0.2) is 48.5 Å². The first-order valence-electron chi connectivity index (χ1n) is 11.1. The second-order valence-corrected chi connectivity index (χ2v) is 7.93. The number of anilines is 2. The molecule has 172 valence electrons. The molecule has 32 heavy (non-hydrogen) atoms. The molecule has 0 atom stereocenters. The normalized spacial score (nSPS) is 14.0. The lowest BCUT2D eigenvalue weighted by molar-refractivity contribution is 0.181. The van der Waals surface area contributed by atoms with E-state index in [1.165, 1.54) is 24.3 Å². The summed E-state index contributed by atoms with van der Waals surface area (Å²) in [4.78, 5) is 26.3. The predicted octanol–water partition coefficient (Wildman–Crippen LogP) is 5.07. The van der Waals surface area contributed by atoms with E-state index in [1.54, 1.807) is 4.90 Å². The highest BCUT2D eigenvalue weighted by Gasteiger charge is 2.23. The number of amides is 4. The molecule has 7 nitrogen and oxygen atoms in total. The molecule has 1 aliphatic rings. The summed E-state index contributed by atoms with van der Waals surface area (Å²) in [6.45, 7) is 4.58. The maximum absolute atomic E-state index is 13.0. The highest BCUT2D eigenvalue weighted by Crippen LogP contribution is 2.19. The van der Waals surface area contributed by atoms with Gasteiger partial charge in [-0.3, -0.25) is 0 Å². The number of nitrogens with one attached hydrogen (secondary N) is 3. The molecule has 1 aliphatic heterocycles. The average Bonchev–Trinajstić information content (AvgIpc) is 2.81. The molecule has 0 aliphatic carbocycles. The van der Waals surface area contributed by atoms with Crippen molar-refractivity contribution >= 4 is 23.4 Å². The Hall–Kier alpha value is -3.29. The highest BCUT2D eigenvalue weighted by atomic mass is 19.1. The molecule has 1 fully saturated rings. The molecule has 3 rings (SSSR count). The van der Waals surface area contributed by atoms with Crippen molar-refractivity contribution in [2.24, 2.45) is 5.92 Å².